The van der Waals surface area contributed by atoms with Gasteiger partial charge in [0.2, 0.25) is 0 Å². The molecule has 0 saturated carbocycles. The predicted octanol–water partition coefficient (Wildman–Crippen LogP) is 2.42. The first-order valence-electron chi connectivity index (χ1n) is 5.72. The van der Waals surface area contributed by atoms with Gasteiger partial charge in [0.15, 0.2) is 5.76 Å². The summed E-state index contributed by atoms with van der Waals surface area (Å²) >= 11 is 0. The summed E-state index contributed by atoms with van der Waals surface area (Å²) in [6, 6.07) is 5.78. The zero-order valence-corrected chi connectivity index (χ0v) is 10.4. The Labute approximate surface area is 101 Å². The van der Waals surface area contributed by atoms with E-state index >= 15 is 0 Å². The van der Waals surface area contributed by atoms with E-state index in [4.69, 9.17) is 10.2 Å². The van der Waals surface area contributed by atoms with Crippen LogP contribution in [0.2, 0.25) is 0 Å². The molecular weight excluding hydrogens is 214 g/mol. The molecule has 90 valence electrons. The van der Waals surface area contributed by atoms with Crippen LogP contribution in [0.25, 0.3) is 11.5 Å². The number of rotatable bonds is 3. The lowest BCUT2D eigenvalue weighted by atomic mass is 10.1. The van der Waals surface area contributed by atoms with Crippen LogP contribution in [0.5, 0.6) is 0 Å². The van der Waals surface area contributed by atoms with Gasteiger partial charge in [-0.2, -0.15) is 0 Å². The fourth-order valence-corrected chi connectivity index (χ4v) is 1.62. The minimum atomic E-state index is 0.157. The summed E-state index contributed by atoms with van der Waals surface area (Å²) < 4.78 is 5.57. The summed E-state index contributed by atoms with van der Waals surface area (Å²) in [4.78, 5) is 8.91. The first kappa shape index (κ1) is 11.8. The van der Waals surface area contributed by atoms with Gasteiger partial charge in [0.1, 0.15) is 17.3 Å². The molecule has 0 saturated heterocycles. The molecule has 0 aliphatic carbocycles. The van der Waals surface area contributed by atoms with E-state index in [0.717, 1.165) is 28.7 Å². The lowest BCUT2D eigenvalue weighted by molar-refractivity contribution is 0.545. The number of nitrogens with zero attached hydrogens (tertiary/aromatic N) is 2. The van der Waals surface area contributed by atoms with Crippen LogP contribution in [0.3, 0.4) is 0 Å². The summed E-state index contributed by atoms with van der Waals surface area (Å²) in [5.41, 5.74) is 7.39. The van der Waals surface area contributed by atoms with Crippen molar-refractivity contribution < 1.29 is 4.42 Å². The van der Waals surface area contributed by atoms with Gasteiger partial charge < -0.3 is 10.2 Å². The molecule has 2 rings (SSSR count). The van der Waals surface area contributed by atoms with Crippen molar-refractivity contribution in [1.29, 1.82) is 0 Å². The molecule has 2 N–H and O–H groups in total. The SMILES string of the molecule is Cc1cc(-c2ccc(C)o2)nc(C(C)CN)n1. The van der Waals surface area contributed by atoms with Gasteiger partial charge in [-0.25, -0.2) is 9.97 Å². The van der Waals surface area contributed by atoms with Crippen molar-refractivity contribution in [2.24, 2.45) is 5.73 Å². The van der Waals surface area contributed by atoms with Crippen LogP contribution < -0.4 is 5.73 Å². The molecule has 2 aromatic rings. The third kappa shape index (κ3) is 2.53. The summed E-state index contributed by atoms with van der Waals surface area (Å²) in [5, 5.41) is 0. The third-order valence-electron chi connectivity index (χ3n) is 2.66. The monoisotopic (exact) mass is 231 g/mol. The Morgan fingerprint density at radius 2 is 2.06 bits per heavy atom. The number of aryl methyl sites for hydroxylation is 2. The normalized spacial score (nSPS) is 12.7. The topological polar surface area (TPSA) is 64.9 Å². The van der Waals surface area contributed by atoms with Crippen LogP contribution >= 0.6 is 0 Å². The second kappa shape index (κ2) is 4.67. The summed E-state index contributed by atoms with van der Waals surface area (Å²) in [7, 11) is 0. The highest BCUT2D eigenvalue weighted by Crippen LogP contribution is 2.22. The highest BCUT2D eigenvalue weighted by atomic mass is 16.3. The number of nitrogens with two attached hydrogens (primary N) is 1. The molecule has 0 spiro atoms. The van der Waals surface area contributed by atoms with E-state index in [1.807, 2.05) is 39.0 Å². The number of hydrogen-bond donors (Lipinski definition) is 1. The largest absolute Gasteiger partial charge is 0.460 e. The second-order valence-electron chi connectivity index (χ2n) is 4.30. The Hall–Kier alpha value is -1.68. The number of hydrogen-bond acceptors (Lipinski definition) is 4. The predicted molar refractivity (Wildman–Crippen MR) is 66.7 cm³/mol. The minimum absolute atomic E-state index is 0.157. The molecule has 2 heterocycles. The van der Waals surface area contributed by atoms with Crippen LogP contribution in [0.4, 0.5) is 0 Å². The molecule has 2 aromatic heterocycles. The number of furan rings is 1. The van der Waals surface area contributed by atoms with E-state index in [1.54, 1.807) is 0 Å². The minimum Gasteiger partial charge on any atom is -0.460 e. The van der Waals surface area contributed by atoms with E-state index in [2.05, 4.69) is 9.97 Å². The molecule has 0 aromatic carbocycles. The van der Waals surface area contributed by atoms with Crippen LogP contribution in [0.15, 0.2) is 22.6 Å². The molecule has 17 heavy (non-hydrogen) atoms. The maximum atomic E-state index is 5.64. The van der Waals surface area contributed by atoms with Crippen LogP contribution in [0.1, 0.15) is 30.1 Å². The van der Waals surface area contributed by atoms with E-state index < -0.39 is 0 Å². The fourth-order valence-electron chi connectivity index (χ4n) is 1.62. The second-order valence-corrected chi connectivity index (χ2v) is 4.30. The molecule has 0 fully saturated rings. The molecule has 4 nitrogen and oxygen atoms in total. The lowest BCUT2D eigenvalue weighted by Crippen LogP contribution is -2.13. The molecule has 0 bridgehead atoms. The first-order valence-corrected chi connectivity index (χ1v) is 5.72. The fraction of sp³-hybridized carbons (Fsp3) is 0.385. The zero-order valence-electron chi connectivity index (χ0n) is 10.4. The standard InChI is InChI=1S/C13H17N3O/c1-8(7-14)13-15-9(2)6-11(16-13)12-5-4-10(3)17-12/h4-6,8H,7,14H2,1-3H3. The maximum Gasteiger partial charge on any atom is 0.152 e. The Balaban J connectivity index is 2.44. The first-order chi connectivity index (χ1) is 8.10. The average Bonchev–Trinajstić information content (AvgIpc) is 2.74. The molecular formula is C13H17N3O. The van der Waals surface area contributed by atoms with Gasteiger partial charge in [-0.05, 0) is 32.0 Å². The zero-order chi connectivity index (χ0) is 12.4. The van der Waals surface area contributed by atoms with E-state index in [9.17, 15) is 0 Å². The van der Waals surface area contributed by atoms with Gasteiger partial charge in [0.25, 0.3) is 0 Å². The summed E-state index contributed by atoms with van der Waals surface area (Å²) in [6.45, 7) is 6.43. The van der Waals surface area contributed by atoms with Gasteiger partial charge >= 0.3 is 0 Å². The van der Waals surface area contributed by atoms with Crippen LogP contribution in [-0.4, -0.2) is 16.5 Å². The van der Waals surface area contributed by atoms with Gasteiger partial charge in [-0.3, -0.25) is 0 Å². The van der Waals surface area contributed by atoms with Gasteiger partial charge in [0, 0.05) is 18.2 Å². The number of aromatic nitrogens is 2. The Kier molecular flexibility index (Phi) is 3.24. The van der Waals surface area contributed by atoms with Crippen LogP contribution in [-0.2, 0) is 0 Å². The maximum absolute atomic E-state index is 5.64. The van der Waals surface area contributed by atoms with E-state index in [1.165, 1.54) is 0 Å². The summed E-state index contributed by atoms with van der Waals surface area (Å²) in [5.74, 6) is 2.59. The molecule has 4 heteroatoms. The molecule has 0 radical (unpaired) electrons. The average molecular weight is 231 g/mol. The van der Waals surface area contributed by atoms with Crippen molar-refractivity contribution in [3.8, 4) is 11.5 Å². The van der Waals surface area contributed by atoms with Crippen molar-refractivity contribution in [3.63, 3.8) is 0 Å². The van der Waals surface area contributed by atoms with Crippen molar-refractivity contribution in [1.82, 2.24) is 9.97 Å². The van der Waals surface area contributed by atoms with Gasteiger partial charge in [0.05, 0.1) is 0 Å². The van der Waals surface area contributed by atoms with Crippen LogP contribution in [0, 0.1) is 13.8 Å². The van der Waals surface area contributed by atoms with Crippen molar-refractivity contribution >= 4 is 0 Å². The Morgan fingerprint density at radius 1 is 1.29 bits per heavy atom. The Bertz CT molecular complexity index is 519. The molecule has 1 unspecified atom stereocenters. The molecule has 1 atom stereocenters. The van der Waals surface area contributed by atoms with E-state index in [0.29, 0.717) is 6.54 Å². The van der Waals surface area contributed by atoms with Gasteiger partial charge in [-0.1, -0.05) is 6.92 Å². The van der Waals surface area contributed by atoms with Gasteiger partial charge in [-0.15, -0.1) is 0 Å². The Morgan fingerprint density at radius 3 is 2.65 bits per heavy atom. The van der Waals surface area contributed by atoms with E-state index in [-0.39, 0.29) is 5.92 Å². The van der Waals surface area contributed by atoms with Crippen molar-refractivity contribution in [3.05, 3.63) is 35.5 Å². The molecule has 0 aliphatic heterocycles. The highest BCUT2D eigenvalue weighted by molar-refractivity contribution is 5.52. The quantitative estimate of drug-likeness (QED) is 0.881. The lowest BCUT2D eigenvalue weighted by Gasteiger charge is -2.09. The third-order valence-corrected chi connectivity index (χ3v) is 2.66. The molecule has 0 amide bonds. The molecule has 0 aliphatic rings. The smallest absolute Gasteiger partial charge is 0.152 e. The highest BCUT2D eigenvalue weighted by Gasteiger charge is 2.11. The van der Waals surface area contributed by atoms with Crippen molar-refractivity contribution in [2.75, 3.05) is 6.54 Å². The summed E-state index contributed by atoms with van der Waals surface area (Å²) in [6.07, 6.45) is 0. The van der Waals surface area contributed by atoms with Crippen molar-refractivity contribution in [2.45, 2.75) is 26.7 Å².